The topological polar surface area (TPSA) is 91.3 Å². The lowest BCUT2D eigenvalue weighted by Gasteiger charge is -2.29. The zero-order chi connectivity index (χ0) is 20.4. The zero-order valence-electron chi connectivity index (χ0n) is 17.3. The van der Waals surface area contributed by atoms with Crippen molar-refractivity contribution in [2.24, 2.45) is 11.8 Å². The molecule has 0 amide bonds. The summed E-state index contributed by atoms with van der Waals surface area (Å²) in [6.45, 7) is 2.15. The highest BCUT2D eigenvalue weighted by Gasteiger charge is 2.45. The van der Waals surface area contributed by atoms with E-state index in [0.29, 0.717) is 19.4 Å². The maximum absolute atomic E-state index is 11.6. The second kappa shape index (κ2) is 12.4. The number of esters is 2. The van der Waals surface area contributed by atoms with Gasteiger partial charge in [-0.25, -0.2) is 0 Å². The van der Waals surface area contributed by atoms with Crippen LogP contribution in [0.15, 0.2) is 0 Å². The highest BCUT2D eigenvalue weighted by molar-refractivity contribution is 5.69. The molecular formula is C21H36O7. The fraction of sp³-hybridized carbons (Fsp3) is 0.905. The summed E-state index contributed by atoms with van der Waals surface area (Å²) in [5.74, 6) is -0.427. The molecule has 28 heavy (non-hydrogen) atoms. The van der Waals surface area contributed by atoms with Gasteiger partial charge in [-0.2, -0.15) is 0 Å². The van der Waals surface area contributed by atoms with Crippen LogP contribution in [-0.4, -0.2) is 55.9 Å². The van der Waals surface area contributed by atoms with Gasteiger partial charge in [-0.15, -0.1) is 0 Å². The molecule has 2 fully saturated rings. The molecular weight excluding hydrogens is 364 g/mol. The van der Waals surface area contributed by atoms with E-state index in [2.05, 4.69) is 4.74 Å². The van der Waals surface area contributed by atoms with E-state index in [-0.39, 0.29) is 48.9 Å². The summed E-state index contributed by atoms with van der Waals surface area (Å²) in [4.78, 5) is 22.7. The van der Waals surface area contributed by atoms with Gasteiger partial charge in [0.1, 0.15) is 6.10 Å². The van der Waals surface area contributed by atoms with Crippen LogP contribution in [0.25, 0.3) is 0 Å². The molecule has 5 atom stereocenters. The fourth-order valence-electron chi connectivity index (χ4n) is 4.41. The highest BCUT2D eigenvalue weighted by atomic mass is 16.7. The van der Waals surface area contributed by atoms with Gasteiger partial charge >= 0.3 is 11.9 Å². The molecule has 7 heteroatoms. The molecule has 0 bridgehead atoms. The Morgan fingerprint density at radius 1 is 1.07 bits per heavy atom. The van der Waals surface area contributed by atoms with Gasteiger partial charge < -0.3 is 24.1 Å². The van der Waals surface area contributed by atoms with Crippen LogP contribution in [0, 0.1) is 11.8 Å². The summed E-state index contributed by atoms with van der Waals surface area (Å²) in [7, 11) is 1.41. The third-order valence-electron chi connectivity index (χ3n) is 5.86. The van der Waals surface area contributed by atoms with Crippen molar-refractivity contribution < 1.29 is 33.6 Å². The van der Waals surface area contributed by atoms with E-state index >= 15 is 0 Å². The second-order valence-corrected chi connectivity index (χ2v) is 7.89. The van der Waals surface area contributed by atoms with E-state index in [4.69, 9.17) is 14.2 Å². The van der Waals surface area contributed by atoms with E-state index in [1.807, 2.05) is 0 Å². The standard InChI is InChI=1S/C21H36O7/c1-15(23)27-18-13-19(28-21-11-7-8-12-26-21)17(14-22)16(18)9-5-3-4-6-10-20(24)25-2/h16-19,21-22H,3-14H2,1-2H3/t16-,17-,18+,19-,21?/m0/s1. The molecule has 2 rings (SSSR count). The minimum absolute atomic E-state index is 0.0160. The average Bonchev–Trinajstić information content (AvgIpc) is 3.00. The van der Waals surface area contributed by atoms with Gasteiger partial charge in [-0.3, -0.25) is 9.59 Å². The van der Waals surface area contributed by atoms with Crippen molar-refractivity contribution in [2.75, 3.05) is 20.3 Å². The molecule has 0 radical (unpaired) electrons. The largest absolute Gasteiger partial charge is 0.469 e. The lowest BCUT2D eigenvalue weighted by molar-refractivity contribution is -0.198. The number of carbonyl (C=O) groups is 2. The molecule has 0 aromatic heterocycles. The average molecular weight is 401 g/mol. The van der Waals surface area contributed by atoms with Crippen LogP contribution in [-0.2, 0) is 28.5 Å². The molecule has 1 heterocycles. The smallest absolute Gasteiger partial charge is 0.305 e. The minimum Gasteiger partial charge on any atom is -0.469 e. The molecule has 2 aliphatic rings. The van der Waals surface area contributed by atoms with E-state index in [9.17, 15) is 14.7 Å². The molecule has 1 saturated heterocycles. The number of hydrogen-bond acceptors (Lipinski definition) is 7. The second-order valence-electron chi connectivity index (χ2n) is 7.89. The Kier molecular flexibility index (Phi) is 10.2. The van der Waals surface area contributed by atoms with Crippen molar-refractivity contribution in [1.29, 1.82) is 0 Å². The molecule has 1 saturated carbocycles. The molecule has 1 aliphatic carbocycles. The van der Waals surface area contributed by atoms with Crippen LogP contribution in [0.5, 0.6) is 0 Å². The maximum atomic E-state index is 11.6. The van der Waals surface area contributed by atoms with Crippen molar-refractivity contribution in [2.45, 2.75) is 89.6 Å². The van der Waals surface area contributed by atoms with Crippen LogP contribution < -0.4 is 0 Å². The first-order valence-corrected chi connectivity index (χ1v) is 10.7. The quantitative estimate of drug-likeness (QED) is 0.421. The Hall–Kier alpha value is -1.18. The third kappa shape index (κ3) is 7.33. The van der Waals surface area contributed by atoms with Gasteiger partial charge in [-0.1, -0.05) is 19.3 Å². The van der Waals surface area contributed by atoms with Crippen molar-refractivity contribution in [3.05, 3.63) is 0 Å². The van der Waals surface area contributed by atoms with Crippen LogP contribution >= 0.6 is 0 Å². The first kappa shape index (κ1) is 23.1. The minimum atomic E-state index is -0.292. The van der Waals surface area contributed by atoms with Gasteiger partial charge in [0.25, 0.3) is 0 Å². The van der Waals surface area contributed by atoms with Crippen molar-refractivity contribution in [3.63, 3.8) is 0 Å². The SMILES string of the molecule is COC(=O)CCCCCC[C@H]1[C@H](CO)[C@@H](OC2CCCCO2)C[C@H]1OC(C)=O. The fourth-order valence-corrected chi connectivity index (χ4v) is 4.41. The molecule has 1 unspecified atom stereocenters. The van der Waals surface area contributed by atoms with E-state index < -0.39 is 0 Å². The summed E-state index contributed by atoms with van der Waals surface area (Å²) in [6.07, 6.45) is 8.09. The van der Waals surface area contributed by atoms with Gasteiger partial charge in [0, 0.05) is 44.8 Å². The van der Waals surface area contributed by atoms with Crippen LogP contribution in [0.2, 0.25) is 0 Å². The van der Waals surface area contributed by atoms with Crippen LogP contribution in [0.3, 0.4) is 0 Å². The number of ether oxygens (including phenoxy) is 4. The Labute approximate surface area is 168 Å². The van der Waals surface area contributed by atoms with E-state index in [1.54, 1.807) is 0 Å². The molecule has 0 aromatic rings. The van der Waals surface area contributed by atoms with E-state index in [1.165, 1.54) is 14.0 Å². The lowest BCUT2D eigenvalue weighted by Crippen LogP contribution is -2.33. The van der Waals surface area contributed by atoms with Crippen molar-refractivity contribution in [1.82, 2.24) is 0 Å². The lowest BCUT2D eigenvalue weighted by atomic mass is 9.89. The maximum Gasteiger partial charge on any atom is 0.305 e. The number of unbranched alkanes of at least 4 members (excludes halogenated alkanes) is 3. The summed E-state index contributed by atoms with van der Waals surface area (Å²) in [5, 5.41) is 10.0. The predicted molar refractivity (Wildman–Crippen MR) is 102 cm³/mol. The Morgan fingerprint density at radius 2 is 1.86 bits per heavy atom. The summed E-state index contributed by atoms with van der Waals surface area (Å²) in [5.41, 5.74) is 0. The van der Waals surface area contributed by atoms with Gasteiger partial charge in [0.2, 0.25) is 0 Å². The molecule has 1 aliphatic heterocycles. The number of carbonyl (C=O) groups excluding carboxylic acids is 2. The Morgan fingerprint density at radius 3 is 2.50 bits per heavy atom. The first-order valence-electron chi connectivity index (χ1n) is 10.7. The zero-order valence-corrected chi connectivity index (χ0v) is 17.3. The molecule has 1 N–H and O–H groups in total. The summed E-state index contributed by atoms with van der Waals surface area (Å²) < 4.78 is 22.1. The third-order valence-corrected chi connectivity index (χ3v) is 5.86. The van der Waals surface area contributed by atoms with E-state index in [0.717, 1.165) is 51.4 Å². The number of rotatable bonds is 11. The normalized spacial score (nSPS) is 30.2. The highest BCUT2D eigenvalue weighted by Crippen LogP contribution is 2.40. The number of methoxy groups -OCH3 is 1. The van der Waals surface area contributed by atoms with Gasteiger partial charge in [-0.05, 0) is 32.1 Å². The summed E-state index contributed by atoms with van der Waals surface area (Å²) in [6, 6.07) is 0. The number of aliphatic hydroxyl groups excluding tert-OH is 1. The Bertz CT molecular complexity index is 475. The number of aliphatic hydroxyl groups is 1. The number of hydrogen-bond donors (Lipinski definition) is 1. The monoisotopic (exact) mass is 400 g/mol. The molecule has 0 spiro atoms. The van der Waals surface area contributed by atoms with Gasteiger partial charge in [0.05, 0.1) is 13.2 Å². The van der Waals surface area contributed by atoms with Crippen molar-refractivity contribution >= 4 is 11.9 Å². The molecule has 162 valence electrons. The van der Waals surface area contributed by atoms with Crippen molar-refractivity contribution in [3.8, 4) is 0 Å². The van der Waals surface area contributed by atoms with Crippen LogP contribution in [0.1, 0.15) is 71.1 Å². The first-order chi connectivity index (χ1) is 13.5. The molecule has 7 nitrogen and oxygen atoms in total. The summed E-state index contributed by atoms with van der Waals surface area (Å²) >= 11 is 0. The molecule has 0 aromatic carbocycles. The Balaban J connectivity index is 1.84. The van der Waals surface area contributed by atoms with Gasteiger partial charge in [0.15, 0.2) is 6.29 Å². The van der Waals surface area contributed by atoms with Crippen LogP contribution in [0.4, 0.5) is 0 Å². The predicted octanol–water partition coefficient (Wildman–Crippen LogP) is 2.97.